The van der Waals surface area contributed by atoms with E-state index in [1.807, 2.05) is 61.5 Å². The number of carbonyl (C=O) groups excluding carboxylic acids is 2. The average molecular weight is 467 g/mol. The number of carbonyl (C=O) groups is 2. The van der Waals surface area contributed by atoms with Gasteiger partial charge in [0.25, 0.3) is 0 Å². The second kappa shape index (κ2) is 10.1. The smallest absolute Gasteiger partial charge is 0.322 e. The van der Waals surface area contributed by atoms with Crippen molar-refractivity contribution >= 4 is 29.2 Å². The summed E-state index contributed by atoms with van der Waals surface area (Å²) in [6.45, 7) is 5.25. The number of likely N-dealkylation sites (N-methyl/N-ethyl adjacent to an activating group) is 1. The van der Waals surface area contributed by atoms with Gasteiger partial charge in [-0.25, -0.2) is 4.79 Å². The molecule has 0 radical (unpaired) electrons. The number of nitrogens with one attached hydrogen (secondary N) is 1. The number of hydrogen-bond donors (Lipinski definition) is 1. The van der Waals surface area contributed by atoms with Crippen molar-refractivity contribution in [3.63, 3.8) is 0 Å². The van der Waals surface area contributed by atoms with E-state index in [4.69, 9.17) is 16.1 Å². The number of urea groups is 1. The van der Waals surface area contributed by atoms with Crippen LogP contribution in [0.15, 0.2) is 59.1 Å². The average Bonchev–Trinajstić information content (AvgIpc) is 3.46. The normalized spacial score (nSPS) is 15.5. The number of anilines is 1. The maximum Gasteiger partial charge on any atom is 0.322 e. The van der Waals surface area contributed by atoms with E-state index >= 15 is 0 Å². The van der Waals surface area contributed by atoms with Crippen LogP contribution in [-0.4, -0.2) is 46.0 Å². The number of hydrogen-bond acceptors (Lipinski definition) is 4. The molecule has 33 heavy (non-hydrogen) atoms. The van der Waals surface area contributed by atoms with Crippen LogP contribution in [0.4, 0.5) is 10.5 Å². The zero-order chi connectivity index (χ0) is 23.4. The van der Waals surface area contributed by atoms with Crippen LogP contribution in [0, 0.1) is 6.92 Å². The summed E-state index contributed by atoms with van der Waals surface area (Å²) in [4.78, 5) is 30.0. The van der Waals surface area contributed by atoms with E-state index in [0.717, 1.165) is 17.5 Å². The molecule has 7 nitrogen and oxygen atoms in total. The Morgan fingerprint density at radius 1 is 1.18 bits per heavy atom. The first-order chi connectivity index (χ1) is 16.0. The predicted octanol–water partition coefficient (Wildman–Crippen LogP) is 5.35. The van der Waals surface area contributed by atoms with Crippen molar-refractivity contribution in [1.82, 2.24) is 15.0 Å². The number of nitrogens with zero attached hydrogens (tertiary/aromatic N) is 3. The molecule has 3 aromatic rings. The van der Waals surface area contributed by atoms with Crippen molar-refractivity contribution in [2.24, 2.45) is 0 Å². The lowest BCUT2D eigenvalue weighted by Gasteiger charge is -2.30. The number of likely N-dealkylation sites (tertiary alicyclic amines) is 1. The highest BCUT2D eigenvalue weighted by Crippen LogP contribution is 2.31. The van der Waals surface area contributed by atoms with Crippen LogP contribution in [0.3, 0.4) is 0 Å². The van der Waals surface area contributed by atoms with Gasteiger partial charge in [0.05, 0.1) is 0 Å². The molecule has 2 aromatic carbocycles. The Kier molecular flexibility index (Phi) is 6.99. The predicted molar refractivity (Wildman–Crippen MR) is 128 cm³/mol. The van der Waals surface area contributed by atoms with Crippen LogP contribution < -0.4 is 5.32 Å². The van der Waals surface area contributed by atoms with Gasteiger partial charge in [0, 0.05) is 30.2 Å². The highest BCUT2D eigenvalue weighted by molar-refractivity contribution is 6.30. The third kappa shape index (κ3) is 5.03. The highest BCUT2D eigenvalue weighted by Gasteiger charge is 2.37. The summed E-state index contributed by atoms with van der Waals surface area (Å²) >= 11 is 5.98. The van der Waals surface area contributed by atoms with Gasteiger partial charge in [0.2, 0.25) is 5.91 Å². The minimum atomic E-state index is -0.502. The van der Waals surface area contributed by atoms with Crippen LogP contribution in [0.1, 0.15) is 31.1 Å². The quantitative estimate of drug-likeness (QED) is 0.531. The Labute approximate surface area is 198 Å². The van der Waals surface area contributed by atoms with E-state index in [9.17, 15) is 9.59 Å². The van der Waals surface area contributed by atoms with E-state index < -0.39 is 6.04 Å². The molecule has 0 saturated carbocycles. The molecule has 8 heteroatoms. The Morgan fingerprint density at radius 3 is 2.61 bits per heavy atom. The third-order valence-corrected chi connectivity index (χ3v) is 6.17. The Morgan fingerprint density at radius 2 is 1.91 bits per heavy atom. The molecule has 1 aromatic heterocycles. The lowest BCUT2D eigenvalue weighted by atomic mass is 10.1. The molecule has 0 unspecified atom stereocenters. The first-order valence-electron chi connectivity index (χ1n) is 11.1. The molecule has 1 atom stereocenters. The number of aryl methyl sites for hydroxylation is 1. The summed E-state index contributed by atoms with van der Waals surface area (Å²) in [6, 6.07) is 16.2. The molecule has 1 aliphatic heterocycles. The SMILES string of the molecule is CCN(Cc1ccc(Cl)cc1)C(=O)[C@H]1CCCN1C(=O)Nc1c(-c2ccccc2)noc1C. The van der Waals surface area contributed by atoms with E-state index in [1.54, 1.807) is 16.7 Å². The molecule has 0 spiro atoms. The number of aromatic nitrogens is 1. The summed E-state index contributed by atoms with van der Waals surface area (Å²) in [5.41, 5.74) is 2.94. The van der Waals surface area contributed by atoms with Gasteiger partial charge in [-0.3, -0.25) is 4.79 Å². The van der Waals surface area contributed by atoms with Crippen molar-refractivity contribution in [3.8, 4) is 11.3 Å². The lowest BCUT2D eigenvalue weighted by Crippen LogP contribution is -2.48. The van der Waals surface area contributed by atoms with Crippen molar-refractivity contribution in [2.75, 3.05) is 18.4 Å². The molecule has 1 aliphatic rings. The number of benzene rings is 2. The van der Waals surface area contributed by atoms with Crippen LogP contribution in [0.5, 0.6) is 0 Å². The maximum absolute atomic E-state index is 13.4. The van der Waals surface area contributed by atoms with E-state index in [2.05, 4.69) is 10.5 Å². The van der Waals surface area contributed by atoms with E-state index in [0.29, 0.717) is 48.2 Å². The fourth-order valence-corrected chi connectivity index (χ4v) is 4.25. The fourth-order valence-electron chi connectivity index (χ4n) is 4.12. The van der Waals surface area contributed by atoms with Gasteiger partial charge in [-0.15, -0.1) is 0 Å². The van der Waals surface area contributed by atoms with Gasteiger partial charge in [-0.2, -0.15) is 0 Å². The summed E-state index contributed by atoms with van der Waals surface area (Å²) in [7, 11) is 0. The van der Waals surface area contributed by atoms with E-state index in [-0.39, 0.29) is 11.9 Å². The lowest BCUT2D eigenvalue weighted by molar-refractivity contribution is -0.135. The van der Waals surface area contributed by atoms with Gasteiger partial charge in [0.1, 0.15) is 17.4 Å². The zero-order valence-electron chi connectivity index (χ0n) is 18.8. The van der Waals surface area contributed by atoms with Gasteiger partial charge >= 0.3 is 6.03 Å². The summed E-state index contributed by atoms with van der Waals surface area (Å²) in [6.07, 6.45) is 1.41. The van der Waals surface area contributed by atoms with Crippen LogP contribution in [-0.2, 0) is 11.3 Å². The summed E-state index contributed by atoms with van der Waals surface area (Å²) < 4.78 is 5.35. The second-order valence-electron chi connectivity index (χ2n) is 8.09. The van der Waals surface area contributed by atoms with Gasteiger partial charge in [-0.1, -0.05) is 59.2 Å². The molecule has 1 fully saturated rings. The zero-order valence-corrected chi connectivity index (χ0v) is 19.5. The molecule has 1 saturated heterocycles. The number of halogens is 1. The molecule has 2 heterocycles. The van der Waals surface area contributed by atoms with Gasteiger partial charge in [-0.05, 0) is 44.4 Å². The monoisotopic (exact) mass is 466 g/mol. The molecule has 0 aliphatic carbocycles. The molecule has 1 N–H and O–H groups in total. The molecular formula is C25H27ClN4O3. The van der Waals surface area contributed by atoms with Crippen LogP contribution in [0.25, 0.3) is 11.3 Å². The molecule has 4 rings (SSSR count). The van der Waals surface area contributed by atoms with Gasteiger partial charge in [0.15, 0.2) is 5.76 Å². The van der Waals surface area contributed by atoms with Crippen molar-refractivity contribution in [2.45, 2.75) is 39.3 Å². The van der Waals surface area contributed by atoms with Crippen LogP contribution in [0.2, 0.25) is 5.02 Å². The number of rotatable bonds is 6. The minimum absolute atomic E-state index is 0.0505. The first-order valence-corrected chi connectivity index (χ1v) is 11.5. The molecular weight excluding hydrogens is 440 g/mol. The molecule has 172 valence electrons. The largest absolute Gasteiger partial charge is 0.359 e. The Hall–Kier alpha value is -3.32. The van der Waals surface area contributed by atoms with Crippen molar-refractivity contribution < 1.29 is 14.1 Å². The number of amides is 3. The van der Waals surface area contributed by atoms with Crippen molar-refractivity contribution in [1.29, 1.82) is 0 Å². The Bertz CT molecular complexity index is 1110. The minimum Gasteiger partial charge on any atom is -0.359 e. The molecule has 3 amide bonds. The standard InChI is InChI=1S/C25H27ClN4O3/c1-3-29(16-18-11-13-20(26)14-12-18)24(31)21-10-7-15-30(21)25(32)27-22-17(2)33-28-23(22)19-8-5-4-6-9-19/h4-6,8-9,11-14,21H,3,7,10,15-16H2,1-2H3,(H,27,32)/t21-/m1/s1. The summed E-state index contributed by atoms with van der Waals surface area (Å²) in [5.74, 6) is 0.465. The third-order valence-electron chi connectivity index (χ3n) is 5.92. The van der Waals surface area contributed by atoms with Crippen LogP contribution >= 0.6 is 11.6 Å². The first kappa shape index (κ1) is 22.9. The van der Waals surface area contributed by atoms with E-state index in [1.165, 1.54) is 0 Å². The Balaban J connectivity index is 1.49. The summed E-state index contributed by atoms with van der Waals surface area (Å²) in [5, 5.41) is 7.72. The second-order valence-corrected chi connectivity index (χ2v) is 8.53. The van der Waals surface area contributed by atoms with Gasteiger partial charge < -0.3 is 19.6 Å². The highest BCUT2D eigenvalue weighted by atomic mass is 35.5. The maximum atomic E-state index is 13.4. The topological polar surface area (TPSA) is 78.7 Å². The fraction of sp³-hybridized carbons (Fsp3) is 0.320. The molecule has 0 bridgehead atoms. The van der Waals surface area contributed by atoms with Crippen molar-refractivity contribution in [3.05, 3.63) is 70.9 Å².